The van der Waals surface area contributed by atoms with E-state index in [0.29, 0.717) is 28.5 Å². The van der Waals surface area contributed by atoms with Crippen molar-refractivity contribution in [1.82, 2.24) is 9.78 Å². The molecular weight excluding hydrogens is 535 g/mol. The van der Waals surface area contributed by atoms with Gasteiger partial charge in [0.15, 0.2) is 23.0 Å². The Morgan fingerprint density at radius 2 is 1.42 bits per heavy atom. The van der Waals surface area contributed by atoms with Crippen molar-refractivity contribution in [1.29, 1.82) is 0 Å². The lowest BCUT2D eigenvalue weighted by Crippen LogP contribution is -2.01. The highest BCUT2D eigenvalue weighted by molar-refractivity contribution is 14.1. The first kappa shape index (κ1) is 22.8. The summed E-state index contributed by atoms with van der Waals surface area (Å²) >= 11 is 2.26. The zero-order valence-corrected chi connectivity index (χ0v) is 20.8. The van der Waals surface area contributed by atoms with Crippen LogP contribution < -0.4 is 18.9 Å². The summed E-state index contributed by atoms with van der Waals surface area (Å²) in [5.41, 5.74) is 3.80. The van der Waals surface area contributed by atoms with Crippen LogP contribution in [0.2, 0.25) is 0 Å². The van der Waals surface area contributed by atoms with Crippen LogP contribution in [0.3, 0.4) is 0 Å². The number of ether oxygens (including phenoxy) is 4. The summed E-state index contributed by atoms with van der Waals surface area (Å²) in [6, 6.07) is 17.1. The average Bonchev–Trinajstić information content (AvgIpc) is 3.28. The molecular formula is C25H23IN2O5. The fourth-order valence-corrected chi connectivity index (χ4v) is 4.46. The first-order chi connectivity index (χ1) is 16.0. The number of para-hydroxylation sites is 1. The van der Waals surface area contributed by atoms with E-state index in [0.717, 1.165) is 20.4 Å². The number of hydrogen-bond acceptors (Lipinski definition) is 6. The summed E-state index contributed by atoms with van der Waals surface area (Å²) < 4.78 is 24.5. The Kier molecular flexibility index (Phi) is 6.64. The van der Waals surface area contributed by atoms with E-state index in [-0.39, 0.29) is 11.5 Å². The van der Waals surface area contributed by atoms with Gasteiger partial charge in [-0.1, -0.05) is 18.2 Å². The van der Waals surface area contributed by atoms with Gasteiger partial charge < -0.3 is 24.1 Å². The van der Waals surface area contributed by atoms with Gasteiger partial charge in [-0.05, 0) is 59.0 Å². The lowest BCUT2D eigenvalue weighted by molar-refractivity contribution is 0.333. The van der Waals surface area contributed by atoms with Gasteiger partial charge in [0.1, 0.15) is 0 Å². The molecule has 0 unspecified atom stereocenters. The Labute approximate surface area is 205 Å². The molecule has 0 saturated heterocycles. The smallest absolute Gasteiger partial charge is 0.203 e. The predicted molar refractivity (Wildman–Crippen MR) is 135 cm³/mol. The Bertz CT molecular complexity index is 1290. The molecule has 1 heterocycles. The third-order valence-electron chi connectivity index (χ3n) is 5.31. The molecule has 4 rings (SSSR count). The molecule has 0 amide bonds. The van der Waals surface area contributed by atoms with Gasteiger partial charge in [0.05, 0.1) is 46.0 Å². The lowest BCUT2D eigenvalue weighted by atomic mass is 9.99. The van der Waals surface area contributed by atoms with Crippen LogP contribution in [0.1, 0.15) is 0 Å². The third kappa shape index (κ3) is 4.06. The zero-order valence-electron chi connectivity index (χ0n) is 18.6. The van der Waals surface area contributed by atoms with Crippen molar-refractivity contribution in [2.24, 2.45) is 0 Å². The van der Waals surface area contributed by atoms with E-state index < -0.39 is 0 Å². The van der Waals surface area contributed by atoms with Crippen LogP contribution >= 0.6 is 22.6 Å². The number of aromatic hydroxyl groups is 1. The Morgan fingerprint density at radius 1 is 0.758 bits per heavy atom. The molecule has 170 valence electrons. The molecule has 0 aliphatic carbocycles. The minimum atomic E-state index is -0.0359. The number of benzene rings is 3. The highest BCUT2D eigenvalue weighted by atomic mass is 127. The fraction of sp³-hybridized carbons (Fsp3) is 0.160. The Balaban J connectivity index is 2.04. The molecule has 0 radical (unpaired) electrons. The van der Waals surface area contributed by atoms with Gasteiger partial charge >= 0.3 is 0 Å². The number of nitrogens with zero attached hydrogens (tertiary/aromatic N) is 2. The molecule has 0 atom stereocenters. The SMILES string of the molecule is COc1cc(I)c(-c2cnn(-c3ccccc3)c2-c2ccc(OC)c(OC)c2O)cc1OC. The van der Waals surface area contributed by atoms with Gasteiger partial charge in [0, 0.05) is 20.3 Å². The van der Waals surface area contributed by atoms with E-state index in [4.69, 9.17) is 18.9 Å². The van der Waals surface area contributed by atoms with Crippen LogP contribution in [0, 0.1) is 3.57 Å². The van der Waals surface area contributed by atoms with Gasteiger partial charge in [0.2, 0.25) is 5.75 Å². The van der Waals surface area contributed by atoms with Crippen LogP contribution in [0.25, 0.3) is 28.1 Å². The monoisotopic (exact) mass is 558 g/mol. The quantitative estimate of drug-likeness (QED) is 0.300. The van der Waals surface area contributed by atoms with Gasteiger partial charge in [-0.25, -0.2) is 4.68 Å². The zero-order chi connectivity index (χ0) is 23.5. The summed E-state index contributed by atoms with van der Waals surface area (Å²) in [6.45, 7) is 0. The predicted octanol–water partition coefficient (Wildman–Crippen LogP) is 5.55. The maximum absolute atomic E-state index is 11.2. The van der Waals surface area contributed by atoms with Gasteiger partial charge in [-0.3, -0.25) is 0 Å². The molecule has 0 aliphatic heterocycles. The first-order valence-corrected chi connectivity index (χ1v) is 11.1. The number of halogens is 1. The van der Waals surface area contributed by atoms with E-state index in [9.17, 15) is 5.11 Å². The summed E-state index contributed by atoms with van der Waals surface area (Å²) in [7, 11) is 6.23. The van der Waals surface area contributed by atoms with Crippen LogP contribution in [0.15, 0.2) is 60.8 Å². The maximum atomic E-state index is 11.2. The Hall–Kier alpha value is -3.40. The third-order valence-corrected chi connectivity index (χ3v) is 6.20. The maximum Gasteiger partial charge on any atom is 0.203 e. The highest BCUT2D eigenvalue weighted by Gasteiger charge is 2.24. The van der Waals surface area contributed by atoms with E-state index in [2.05, 4.69) is 27.7 Å². The van der Waals surface area contributed by atoms with Crippen molar-refractivity contribution < 1.29 is 24.1 Å². The molecule has 33 heavy (non-hydrogen) atoms. The van der Waals surface area contributed by atoms with Crippen molar-refractivity contribution in [3.05, 3.63) is 64.4 Å². The van der Waals surface area contributed by atoms with Gasteiger partial charge in [-0.2, -0.15) is 5.10 Å². The molecule has 4 aromatic rings. The summed E-state index contributed by atoms with van der Waals surface area (Å²) in [4.78, 5) is 0. The molecule has 1 N–H and O–H groups in total. The summed E-state index contributed by atoms with van der Waals surface area (Å²) in [6.07, 6.45) is 1.78. The summed E-state index contributed by atoms with van der Waals surface area (Å²) in [5, 5.41) is 15.9. The molecule has 0 spiro atoms. The molecule has 3 aromatic carbocycles. The molecule has 0 bridgehead atoms. The van der Waals surface area contributed by atoms with Crippen molar-refractivity contribution in [2.75, 3.05) is 28.4 Å². The van der Waals surface area contributed by atoms with Crippen LogP contribution in [-0.4, -0.2) is 43.3 Å². The standard InChI is InChI=1S/C25H23IN2O5/c1-30-20-11-10-16(24(29)25(20)33-4)23-18(14-27-28(23)15-8-6-5-7-9-15)17-12-21(31-2)22(32-3)13-19(17)26/h5-14,29H,1-4H3. The number of aromatic nitrogens is 2. The van der Waals surface area contributed by atoms with Crippen LogP contribution in [0.4, 0.5) is 0 Å². The first-order valence-electron chi connectivity index (χ1n) is 10.0. The second kappa shape index (κ2) is 9.62. The minimum Gasteiger partial charge on any atom is -0.504 e. The lowest BCUT2D eigenvalue weighted by Gasteiger charge is -2.17. The average molecular weight is 558 g/mol. The largest absolute Gasteiger partial charge is 0.504 e. The van der Waals surface area contributed by atoms with E-state index >= 15 is 0 Å². The summed E-state index contributed by atoms with van der Waals surface area (Å²) in [5.74, 6) is 1.89. The molecule has 7 nitrogen and oxygen atoms in total. The van der Waals surface area contributed by atoms with E-state index in [1.54, 1.807) is 37.2 Å². The molecule has 0 aliphatic rings. The van der Waals surface area contributed by atoms with Crippen molar-refractivity contribution >= 4 is 22.6 Å². The van der Waals surface area contributed by atoms with Crippen molar-refractivity contribution in [3.63, 3.8) is 0 Å². The van der Waals surface area contributed by atoms with Gasteiger partial charge in [0.25, 0.3) is 0 Å². The highest BCUT2D eigenvalue weighted by Crippen LogP contribution is 2.47. The number of methoxy groups -OCH3 is 4. The van der Waals surface area contributed by atoms with Crippen molar-refractivity contribution in [2.45, 2.75) is 0 Å². The normalized spacial score (nSPS) is 10.7. The van der Waals surface area contributed by atoms with Crippen LogP contribution in [0.5, 0.6) is 28.7 Å². The number of phenolic OH excluding ortho intramolecular Hbond substituents is 1. The number of rotatable bonds is 7. The number of hydrogen-bond donors (Lipinski definition) is 1. The molecule has 0 saturated carbocycles. The second-order valence-electron chi connectivity index (χ2n) is 7.04. The molecule has 0 fully saturated rings. The Morgan fingerprint density at radius 3 is 2.06 bits per heavy atom. The van der Waals surface area contributed by atoms with Crippen LogP contribution in [-0.2, 0) is 0 Å². The fourth-order valence-electron chi connectivity index (χ4n) is 3.73. The van der Waals surface area contributed by atoms with Gasteiger partial charge in [-0.15, -0.1) is 0 Å². The van der Waals surface area contributed by atoms with Crippen molar-refractivity contribution in [3.8, 4) is 56.8 Å². The topological polar surface area (TPSA) is 75.0 Å². The van der Waals surface area contributed by atoms with E-state index in [1.807, 2.05) is 42.5 Å². The molecule has 8 heteroatoms. The molecule has 1 aromatic heterocycles. The van der Waals surface area contributed by atoms with E-state index in [1.165, 1.54) is 14.2 Å². The number of phenols is 1. The second-order valence-corrected chi connectivity index (χ2v) is 8.20. The minimum absolute atomic E-state index is 0.0359.